The molecule has 1 N–H and O–H groups in total. The topological polar surface area (TPSA) is 42.0 Å². The number of halogens is 1. The van der Waals surface area contributed by atoms with Gasteiger partial charge in [-0.05, 0) is 31.5 Å². The van der Waals surface area contributed by atoms with E-state index in [2.05, 4.69) is 17.2 Å². The van der Waals surface area contributed by atoms with Gasteiger partial charge in [0.05, 0.1) is 11.3 Å². The van der Waals surface area contributed by atoms with Crippen molar-refractivity contribution in [2.24, 2.45) is 0 Å². The maximum absolute atomic E-state index is 12.4. The van der Waals surface area contributed by atoms with Gasteiger partial charge in [-0.3, -0.25) is 10.1 Å². The molecule has 0 aliphatic carbocycles. The highest BCUT2D eigenvalue weighted by Crippen LogP contribution is 2.31. The second-order valence-corrected chi connectivity index (χ2v) is 8.07. The molecule has 0 saturated carbocycles. The van der Waals surface area contributed by atoms with Crippen LogP contribution >= 0.6 is 34.3 Å². The molecule has 3 rings (SSSR count). The molecule has 24 heavy (non-hydrogen) atoms. The highest BCUT2D eigenvalue weighted by molar-refractivity contribution is 7.16. The van der Waals surface area contributed by atoms with Gasteiger partial charge >= 0.3 is 0 Å². The quantitative estimate of drug-likeness (QED) is 0.589. The summed E-state index contributed by atoms with van der Waals surface area (Å²) in [5.74, 6) is -0.106. The normalized spacial score (nSPS) is 10.8. The van der Waals surface area contributed by atoms with E-state index < -0.39 is 0 Å². The minimum atomic E-state index is -0.106. The number of aromatic nitrogens is 1. The summed E-state index contributed by atoms with van der Waals surface area (Å²) in [6, 6.07) is 9.52. The zero-order chi connectivity index (χ0) is 17.1. The Labute approximate surface area is 154 Å². The average molecular weight is 377 g/mol. The smallest absolute Gasteiger partial charge is 0.258 e. The molecule has 0 atom stereocenters. The van der Waals surface area contributed by atoms with Crippen LogP contribution in [0.1, 0.15) is 33.5 Å². The fraction of sp³-hybridized carbons (Fsp3) is 0.222. The summed E-state index contributed by atoms with van der Waals surface area (Å²) in [4.78, 5) is 19.2. The van der Waals surface area contributed by atoms with Gasteiger partial charge in [0.2, 0.25) is 0 Å². The van der Waals surface area contributed by atoms with Gasteiger partial charge in [0.25, 0.3) is 5.91 Å². The van der Waals surface area contributed by atoms with Crippen molar-refractivity contribution in [2.45, 2.75) is 26.7 Å². The van der Waals surface area contributed by atoms with E-state index in [1.165, 1.54) is 16.2 Å². The molecule has 1 aromatic carbocycles. The van der Waals surface area contributed by atoms with Crippen LogP contribution in [0.15, 0.2) is 35.7 Å². The molecule has 124 valence electrons. The Morgan fingerprint density at radius 3 is 2.75 bits per heavy atom. The molecule has 1 amide bonds. The van der Waals surface area contributed by atoms with Crippen molar-refractivity contribution < 1.29 is 4.79 Å². The third-order valence-corrected chi connectivity index (χ3v) is 5.68. The Morgan fingerprint density at radius 1 is 1.29 bits per heavy atom. The number of nitrogens with one attached hydrogen (secondary N) is 1. The monoisotopic (exact) mass is 376 g/mol. The lowest BCUT2D eigenvalue weighted by molar-refractivity contribution is 0.102. The highest BCUT2D eigenvalue weighted by Gasteiger charge is 2.14. The third kappa shape index (κ3) is 3.86. The second kappa shape index (κ2) is 7.47. The molecule has 0 spiro atoms. The summed E-state index contributed by atoms with van der Waals surface area (Å²) in [5, 5.41) is 6.12. The number of thiophene rings is 1. The Bertz CT molecular complexity index is 852. The van der Waals surface area contributed by atoms with Gasteiger partial charge < -0.3 is 0 Å². The SMILES string of the molecule is CCCc1cc(C(=O)Nc2nc(-c3ccc(Cl)cc3)c(C)s2)cs1. The van der Waals surface area contributed by atoms with E-state index in [1.807, 2.05) is 42.6 Å². The molecule has 0 fully saturated rings. The molecule has 0 radical (unpaired) electrons. The Morgan fingerprint density at radius 2 is 2.04 bits per heavy atom. The lowest BCUT2D eigenvalue weighted by atomic mass is 10.1. The summed E-state index contributed by atoms with van der Waals surface area (Å²) in [5.41, 5.74) is 2.57. The minimum Gasteiger partial charge on any atom is -0.298 e. The predicted octanol–water partition coefficient (Wildman–Crippen LogP) is 6.04. The minimum absolute atomic E-state index is 0.106. The zero-order valence-corrected chi connectivity index (χ0v) is 15.8. The van der Waals surface area contributed by atoms with Gasteiger partial charge in [-0.25, -0.2) is 4.98 Å². The van der Waals surface area contributed by atoms with Gasteiger partial charge in [0.15, 0.2) is 5.13 Å². The standard InChI is InChI=1S/C18H17ClN2OS2/c1-3-4-15-9-13(10-23-15)17(22)21-18-20-16(11(2)24-18)12-5-7-14(19)8-6-12/h5-10H,3-4H2,1-2H3,(H,20,21,22). The molecule has 0 aliphatic heterocycles. The first-order valence-corrected chi connectivity index (χ1v) is 9.76. The number of hydrogen-bond acceptors (Lipinski definition) is 4. The molecule has 3 aromatic rings. The molecule has 2 heterocycles. The van der Waals surface area contributed by atoms with Gasteiger partial charge in [-0.2, -0.15) is 0 Å². The molecule has 0 aliphatic rings. The number of thiazole rings is 1. The Kier molecular flexibility index (Phi) is 5.33. The summed E-state index contributed by atoms with van der Waals surface area (Å²) in [6.45, 7) is 4.14. The van der Waals surface area contributed by atoms with E-state index in [1.54, 1.807) is 11.3 Å². The van der Waals surface area contributed by atoms with E-state index in [9.17, 15) is 4.79 Å². The van der Waals surface area contributed by atoms with Crippen molar-refractivity contribution in [1.82, 2.24) is 4.98 Å². The van der Waals surface area contributed by atoms with Crippen molar-refractivity contribution in [1.29, 1.82) is 0 Å². The summed E-state index contributed by atoms with van der Waals surface area (Å²) in [6.07, 6.45) is 2.09. The summed E-state index contributed by atoms with van der Waals surface area (Å²) in [7, 11) is 0. The fourth-order valence-electron chi connectivity index (χ4n) is 2.37. The lowest BCUT2D eigenvalue weighted by Crippen LogP contribution is -2.10. The molecular formula is C18H17ClN2OS2. The van der Waals surface area contributed by atoms with E-state index >= 15 is 0 Å². The number of nitrogens with zero attached hydrogens (tertiary/aromatic N) is 1. The van der Waals surface area contributed by atoms with Crippen LogP contribution in [-0.4, -0.2) is 10.9 Å². The number of carbonyl (C=O) groups excluding carboxylic acids is 1. The van der Waals surface area contributed by atoms with Crippen LogP contribution in [0.4, 0.5) is 5.13 Å². The van der Waals surface area contributed by atoms with Crippen molar-refractivity contribution in [3.05, 3.63) is 56.1 Å². The third-order valence-electron chi connectivity index (χ3n) is 3.55. The lowest BCUT2D eigenvalue weighted by Gasteiger charge is -1.99. The van der Waals surface area contributed by atoms with Crippen molar-refractivity contribution in [2.75, 3.05) is 5.32 Å². The second-order valence-electron chi connectivity index (χ2n) is 5.44. The predicted molar refractivity (Wildman–Crippen MR) is 104 cm³/mol. The first kappa shape index (κ1) is 17.1. The van der Waals surface area contributed by atoms with Crippen LogP contribution < -0.4 is 5.32 Å². The number of carbonyl (C=O) groups is 1. The van der Waals surface area contributed by atoms with Crippen molar-refractivity contribution >= 4 is 45.3 Å². The number of rotatable bonds is 5. The Hall–Kier alpha value is -1.69. The van der Waals surface area contributed by atoms with Crippen LogP contribution in [0.25, 0.3) is 11.3 Å². The number of anilines is 1. The maximum Gasteiger partial charge on any atom is 0.258 e. The first-order chi connectivity index (χ1) is 11.6. The van der Waals surface area contributed by atoms with Crippen molar-refractivity contribution in [3.63, 3.8) is 0 Å². The molecule has 0 bridgehead atoms. The number of amides is 1. The van der Waals surface area contributed by atoms with Crippen LogP contribution in [0.2, 0.25) is 5.02 Å². The van der Waals surface area contributed by atoms with Crippen LogP contribution in [0.5, 0.6) is 0 Å². The van der Waals surface area contributed by atoms with Crippen molar-refractivity contribution in [3.8, 4) is 11.3 Å². The van der Waals surface area contributed by atoms with Crippen LogP contribution in [-0.2, 0) is 6.42 Å². The average Bonchev–Trinajstić information content (AvgIpc) is 3.16. The number of hydrogen-bond donors (Lipinski definition) is 1. The van der Waals surface area contributed by atoms with Gasteiger partial charge in [-0.1, -0.05) is 37.1 Å². The fourth-order valence-corrected chi connectivity index (χ4v) is 4.30. The molecule has 0 saturated heterocycles. The van der Waals surface area contributed by atoms with E-state index in [4.69, 9.17) is 11.6 Å². The van der Waals surface area contributed by atoms with Crippen LogP contribution in [0, 0.1) is 6.92 Å². The molecule has 3 nitrogen and oxygen atoms in total. The highest BCUT2D eigenvalue weighted by atomic mass is 35.5. The molecule has 6 heteroatoms. The molecule has 0 unspecified atom stereocenters. The molecular weight excluding hydrogens is 360 g/mol. The van der Waals surface area contributed by atoms with Crippen LogP contribution in [0.3, 0.4) is 0 Å². The first-order valence-electron chi connectivity index (χ1n) is 7.69. The zero-order valence-electron chi connectivity index (χ0n) is 13.4. The van der Waals surface area contributed by atoms with Gasteiger partial charge in [-0.15, -0.1) is 22.7 Å². The Balaban J connectivity index is 1.77. The molecule has 2 aromatic heterocycles. The van der Waals surface area contributed by atoms with Gasteiger partial charge in [0, 0.05) is 25.7 Å². The summed E-state index contributed by atoms with van der Waals surface area (Å²) < 4.78 is 0. The number of benzene rings is 1. The largest absolute Gasteiger partial charge is 0.298 e. The van der Waals surface area contributed by atoms with E-state index in [0.29, 0.717) is 15.7 Å². The maximum atomic E-state index is 12.4. The summed E-state index contributed by atoms with van der Waals surface area (Å²) >= 11 is 9.04. The van der Waals surface area contributed by atoms with E-state index in [0.717, 1.165) is 29.0 Å². The number of aryl methyl sites for hydroxylation is 2. The van der Waals surface area contributed by atoms with E-state index in [-0.39, 0.29) is 5.91 Å². The van der Waals surface area contributed by atoms with Gasteiger partial charge in [0.1, 0.15) is 0 Å².